The number of anilines is 1. The summed E-state index contributed by atoms with van der Waals surface area (Å²) in [5.41, 5.74) is 2.27. The van der Waals surface area contributed by atoms with Gasteiger partial charge in [-0.1, -0.05) is 39.3 Å². The van der Waals surface area contributed by atoms with Crippen LogP contribution < -0.4 is 4.90 Å². The van der Waals surface area contributed by atoms with Gasteiger partial charge in [-0.05, 0) is 37.0 Å². The Kier molecular flexibility index (Phi) is 6.20. The molecule has 2 atom stereocenters. The van der Waals surface area contributed by atoms with Crippen molar-refractivity contribution >= 4 is 5.69 Å². The molecule has 2 nitrogen and oxygen atoms in total. The Bertz CT molecular complexity index is 333. The highest BCUT2D eigenvalue weighted by Crippen LogP contribution is 2.22. The van der Waals surface area contributed by atoms with E-state index in [1.54, 1.807) is 0 Å². The normalized spacial score (nSPS) is 14.3. The number of aliphatic hydroxyl groups excluding tert-OH is 1. The second-order valence-electron chi connectivity index (χ2n) is 5.07. The lowest BCUT2D eigenvalue weighted by molar-refractivity contribution is 0.173. The molecule has 0 saturated heterocycles. The summed E-state index contributed by atoms with van der Waals surface area (Å²) in [6, 6.07) is 8.34. The van der Waals surface area contributed by atoms with Crippen LogP contribution in [0.4, 0.5) is 5.69 Å². The summed E-state index contributed by atoms with van der Waals surface area (Å²) in [7, 11) is 0. The van der Waals surface area contributed by atoms with Gasteiger partial charge in [0.05, 0.1) is 6.10 Å². The molecule has 1 rings (SSSR count). The van der Waals surface area contributed by atoms with Gasteiger partial charge in [0.2, 0.25) is 0 Å². The van der Waals surface area contributed by atoms with E-state index in [-0.39, 0.29) is 6.10 Å². The Morgan fingerprint density at radius 2 is 1.67 bits per heavy atom. The van der Waals surface area contributed by atoms with E-state index in [1.807, 2.05) is 19.1 Å². The lowest BCUT2D eigenvalue weighted by atomic mass is 10.1. The van der Waals surface area contributed by atoms with Gasteiger partial charge in [0.1, 0.15) is 0 Å². The third-order valence-electron chi connectivity index (χ3n) is 3.64. The molecule has 1 aromatic carbocycles. The molecule has 0 spiro atoms. The van der Waals surface area contributed by atoms with Crippen molar-refractivity contribution in [2.75, 3.05) is 18.0 Å². The summed E-state index contributed by atoms with van der Waals surface area (Å²) in [6.07, 6.45) is 1.65. The Labute approximate surface area is 112 Å². The standard InChI is InChI=1S/C16H27NO/c1-5-13(4)12-17(7-3)15-10-8-14(9-11-15)16(18)6-2/h8-11,13,16,18H,5-7,12H2,1-4H3/t13?,16-/m0/s1. The van der Waals surface area contributed by atoms with Gasteiger partial charge in [0.25, 0.3) is 0 Å². The van der Waals surface area contributed by atoms with E-state index in [0.29, 0.717) is 5.92 Å². The zero-order chi connectivity index (χ0) is 13.5. The summed E-state index contributed by atoms with van der Waals surface area (Å²) in [5.74, 6) is 0.714. The van der Waals surface area contributed by atoms with Crippen molar-refractivity contribution in [1.82, 2.24) is 0 Å². The van der Waals surface area contributed by atoms with E-state index < -0.39 is 0 Å². The molecule has 0 fully saturated rings. The van der Waals surface area contributed by atoms with Crippen LogP contribution in [0.3, 0.4) is 0 Å². The monoisotopic (exact) mass is 249 g/mol. The Hall–Kier alpha value is -1.02. The predicted octanol–water partition coefficient (Wildman–Crippen LogP) is 4.00. The van der Waals surface area contributed by atoms with Gasteiger partial charge in [-0.3, -0.25) is 0 Å². The first-order valence-electron chi connectivity index (χ1n) is 7.15. The van der Waals surface area contributed by atoms with Crippen LogP contribution in [0.25, 0.3) is 0 Å². The molecule has 0 aliphatic carbocycles. The highest BCUT2D eigenvalue weighted by molar-refractivity contribution is 5.47. The Morgan fingerprint density at radius 3 is 2.11 bits per heavy atom. The molecular weight excluding hydrogens is 222 g/mol. The molecule has 0 bridgehead atoms. The van der Waals surface area contributed by atoms with E-state index in [2.05, 4.69) is 37.8 Å². The zero-order valence-corrected chi connectivity index (χ0v) is 12.2. The Morgan fingerprint density at radius 1 is 1.06 bits per heavy atom. The summed E-state index contributed by atoms with van der Waals surface area (Å²) in [5, 5.41) is 9.79. The average Bonchev–Trinajstić information content (AvgIpc) is 2.43. The Balaban J connectivity index is 2.75. The maximum absolute atomic E-state index is 9.79. The summed E-state index contributed by atoms with van der Waals surface area (Å²) < 4.78 is 0. The molecule has 0 saturated carbocycles. The van der Waals surface area contributed by atoms with Crippen molar-refractivity contribution in [2.24, 2.45) is 5.92 Å². The molecule has 0 aromatic heterocycles. The minimum atomic E-state index is -0.330. The van der Waals surface area contributed by atoms with Crippen LogP contribution in [0.5, 0.6) is 0 Å². The second-order valence-corrected chi connectivity index (χ2v) is 5.07. The van der Waals surface area contributed by atoms with E-state index in [9.17, 15) is 5.11 Å². The highest BCUT2D eigenvalue weighted by atomic mass is 16.3. The molecule has 102 valence electrons. The second kappa shape index (κ2) is 7.42. The van der Waals surface area contributed by atoms with E-state index in [1.165, 1.54) is 12.1 Å². The van der Waals surface area contributed by atoms with Gasteiger partial charge in [0, 0.05) is 18.8 Å². The lowest BCUT2D eigenvalue weighted by Gasteiger charge is -2.26. The number of nitrogens with zero attached hydrogens (tertiary/aromatic N) is 1. The molecule has 2 heteroatoms. The molecule has 0 amide bonds. The van der Waals surface area contributed by atoms with Gasteiger partial charge >= 0.3 is 0 Å². The van der Waals surface area contributed by atoms with Crippen LogP contribution in [0, 0.1) is 5.92 Å². The number of hydrogen-bond donors (Lipinski definition) is 1. The molecule has 1 N–H and O–H groups in total. The van der Waals surface area contributed by atoms with Crippen LogP contribution in [-0.2, 0) is 0 Å². The summed E-state index contributed by atoms with van der Waals surface area (Å²) in [6.45, 7) is 10.8. The van der Waals surface area contributed by atoms with Crippen molar-refractivity contribution in [3.05, 3.63) is 29.8 Å². The lowest BCUT2D eigenvalue weighted by Crippen LogP contribution is -2.27. The minimum Gasteiger partial charge on any atom is -0.388 e. The third-order valence-corrected chi connectivity index (χ3v) is 3.64. The fraction of sp³-hybridized carbons (Fsp3) is 0.625. The number of hydrogen-bond acceptors (Lipinski definition) is 2. The van der Waals surface area contributed by atoms with Crippen LogP contribution in [0.1, 0.15) is 52.2 Å². The molecule has 18 heavy (non-hydrogen) atoms. The SMILES string of the molecule is CCC(C)CN(CC)c1ccc([C@@H](O)CC)cc1. The quantitative estimate of drug-likeness (QED) is 0.789. The van der Waals surface area contributed by atoms with Crippen molar-refractivity contribution in [1.29, 1.82) is 0 Å². The first-order valence-corrected chi connectivity index (χ1v) is 7.15. The molecule has 0 heterocycles. The maximum atomic E-state index is 9.79. The minimum absolute atomic E-state index is 0.330. The molecule has 0 radical (unpaired) electrons. The number of benzene rings is 1. The van der Waals surface area contributed by atoms with E-state index in [0.717, 1.165) is 25.1 Å². The van der Waals surface area contributed by atoms with Gasteiger partial charge < -0.3 is 10.0 Å². The first-order chi connectivity index (χ1) is 8.62. The summed E-state index contributed by atoms with van der Waals surface area (Å²) in [4.78, 5) is 2.40. The van der Waals surface area contributed by atoms with Crippen molar-refractivity contribution in [2.45, 2.75) is 46.6 Å². The first kappa shape index (κ1) is 15.0. The van der Waals surface area contributed by atoms with Crippen LogP contribution in [-0.4, -0.2) is 18.2 Å². The van der Waals surface area contributed by atoms with Crippen LogP contribution in [0.2, 0.25) is 0 Å². The largest absolute Gasteiger partial charge is 0.388 e. The maximum Gasteiger partial charge on any atom is 0.0787 e. The highest BCUT2D eigenvalue weighted by Gasteiger charge is 2.09. The van der Waals surface area contributed by atoms with Gasteiger partial charge in [-0.2, -0.15) is 0 Å². The third kappa shape index (κ3) is 4.02. The zero-order valence-electron chi connectivity index (χ0n) is 12.2. The summed E-state index contributed by atoms with van der Waals surface area (Å²) >= 11 is 0. The topological polar surface area (TPSA) is 23.5 Å². The predicted molar refractivity (Wildman–Crippen MR) is 79.0 cm³/mol. The molecule has 0 aliphatic heterocycles. The smallest absolute Gasteiger partial charge is 0.0787 e. The fourth-order valence-electron chi connectivity index (χ4n) is 2.07. The fourth-order valence-corrected chi connectivity index (χ4v) is 2.07. The van der Waals surface area contributed by atoms with Gasteiger partial charge in [-0.25, -0.2) is 0 Å². The van der Waals surface area contributed by atoms with E-state index in [4.69, 9.17) is 0 Å². The van der Waals surface area contributed by atoms with Crippen LogP contribution in [0.15, 0.2) is 24.3 Å². The molecule has 1 unspecified atom stereocenters. The van der Waals surface area contributed by atoms with Crippen molar-refractivity contribution in [3.8, 4) is 0 Å². The molecular formula is C16H27NO. The van der Waals surface area contributed by atoms with E-state index >= 15 is 0 Å². The average molecular weight is 249 g/mol. The van der Waals surface area contributed by atoms with Crippen molar-refractivity contribution in [3.63, 3.8) is 0 Å². The number of aliphatic hydroxyl groups is 1. The number of rotatable bonds is 7. The van der Waals surface area contributed by atoms with Gasteiger partial charge in [-0.15, -0.1) is 0 Å². The molecule has 1 aromatic rings. The van der Waals surface area contributed by atoms with Crippen LogP contribution >= 0.6 is 0 Å². The van der Waals surface area contributed by atoms with Gasteiger partial charge in [0.15, 0.2) is 0 Å². The molecule has 0 aliphatic rings. The van der Waals surface area contributed by atoms with Crippen molar-refractivity contribution < 1.29 is 5.11 Å².